The Morgan fingerprint density at radius 2 is 2.00 bits per heavy atom. The third kappa shape index (κ3) is 5.74. The fourth-order valence-electron chi connectivity index (χ4n) is 1.16. The molecule has 0 rings (SSSR count). The molecule has 0 aromatic rings. The van der Waals surface area contributed by atoms with E-state index in [1.165, 1.54) is 0 Å². The molecule has 15 heavy (non-hydrogen) atoms. The minimum Gasteiger partial charge on any atom is -0.374 e. The summed E-state index contributed by atoms with van der Waals surface area (Å²) in [6.45, 7) is 10.8. The lowest BCUT2D eigenvalue weighted by atomic mass is 10.0. The standard InChI is InChI=1S/C11H24N2O2/c1-6-15-11(4,5)7-13-10(14)9(12)8(2)3/h8-9H,6-7,12H2,1-5H3,(H,13,14)/t9-/m0/s1. The zero-order valence-corrected chi connectivity index (χ0v) is 10.5. The number of carbonyl (C=O) groups is 1. The van der Waals surface area contributed by atoms with E-state index in [4.69, 9.17) is 10.5 Å². The largest absolute Gasteiger partial charge is 0.374 e. The van der Waals surface area contributed by atoms with Crippen LogP contribution in [0.15, 0.2) is 0 Å². The van der Waals surface area contributed by atoms with Crippen LogP contribution in [0.4, 0.5) is 0 Å². The maximum Gasteiger partial charge on any atom is 0.237 e. The second kappa shape index (κ2) is 6.08. The molecule has 0 fully saturated rings. The Morgan fingerprint density at radius 1 is 1.47 bits per heavy atom. The van der Waals surface area contributed by atoms with E-state index in [-0.39, 0.29) is 17.4 Å². The molecule has 90 valence electrons. The highest BCUT2D eigenvalue weighted by Crippen LogP contribution is 2.07. The molecule has 0 radical (unpaired) electrons. The Bertz CT molecular complexity index is 203. The van der Waals surface area contributed by atoms with Gasteiger partial charge >= 0.3 is 0 Å². The normalized spacial score (nSPS) is 14.1. The number of ether oxygens (including phenoxy) is 1. The zero-order chi connectivity index (χ0) is 12.1. The topological polar surface area (TPSA) is 64.3 Å². The summed E-state index contributed by atoms with van der Waals surface area (Å²) in [5.41, 5.74) is 5.38. The maximum absolute atomic E-state index is 11.5. The van der Waals surface area contributed by atoms with E-state index in [1.54, 1.807) is 0 Å². The van der Waals surface area contributed by atoms with Crippen molar-refractivity contribution in [2.24, 2.45) is 11.7 Å². The van der Waals surface area contributed by atoms with Gasteiger partial charge in [-0.2, -0.15) is 0 Å². The van der Waals surface area contributed by atoms with Crippen LogP contribution in [0.25, 0.3) is 0 Å². The van der Waals surface area contributed by atoms with Gasteiger partial charge in [0.25, 0.3) is 0 Å². The van der Waals surface area contributed by atoms with Gasteiger partial charge in [-0.3, -0.25) is 4.79 Å². The van der Waals surface area contributed by atoms with Crippen LogP contribution in [-0.2, 0) is 9.53 Å². The van der Waals surface area contributed by atoms with Crippen LogP contribution in [0.1, 0.15) is 34.6 Å². The Labute approximate surface area is 92.6 Å². The van der Waals surface area contributed by atoms with Crippen molar-refractivity contribution in [2.75, 3.05) is 13.2 Å². The van der Waals surface area contributed by atoms with Crippen molar-refractivity contribution >= 4 is 5.91 Å². The number of hydrogen-bond acceptors (Lipinski definition) is 3. The number of hydrogen-bond donors (Lipinski definition) is 2. The molecule has 0 heterocycles. The van der Waals surface area contributed by atoms with Gasteiger partial charge in [0.05, 0.1) is 11.6 Å². The molecule has 0 saturated carbocycles. The molecule has 0 bridgehead atoms. The van der Waals surface area contributed by atoms with Gasteiger partial charge in [-0.15, -0.1) is 0 Å². The van der Waals surface area contributed by atoms with Gasteiger partial charge in [-0.1, -0.05) is 13.8 Å². The number of carbonyl (C=O) groups excluding carboxylic acids is 1. The molecular weight excluding hydrogens is 192 g/mol. The Morgan fingerprint density at radius 3 is 2.40 bits per heavy atom. The second-order valence-electron chi connectivity index (χ2n) is 4.68. The highest BCUT2D eigenvalue weighted by Gasteiger charge is 2.22. The lowest BCUT2D eigenvalue weighted by molar-refractivity contribution is -0.124. The molecule has 0 spiro atoms. The third-order valence-corrected chi connectivity index (χ3v) is 2.24. The molecule has 1 atom stereocenters. The smallest absolute Gasteiger partial charge is 0.237 e. The first kappa shape index (κ1) is 14.4. The lowest BCUT2D eigenvalue weighted by Gasteiger charge is -2.26. The molecule has 0 aromatic heterocycles. The van der Waals surface area contributed by atoms with Gasteiger partial charge in [0.15, 0.2) is 0 Å². The van der Waals surface area contributed by atoms with Crippen molar-refractivity contribution in [3.63, 3.8) is 0 Å². The van der Waals surface area contributed by atoms with Gasteiger partial charge in [-0.25, -0.2) is 0 Å². The molecule has 0 aliphatic rings. The van der Waals surface area contributed by atoms with Crippen LogP contribution in [0.5, 0.6) is 0 Å². The third-order valence-electron chi connectivity index (χ3n) is 2.24. The predicted octanol–water partition coefficient (Wildman–Crippen LogP) is 0.901. The number of nitrogens with two attached hydrogens (primary N) is 1. The fraction of sp³-hybridized carbons (Fsp3) is 0.909. The van der Waals surface area contributed by atoms with Crippen molar-refractivity contribution in [1.82, 2.24) is 5.32 Å². The quantitative estimate of drug-likeness (QED) is 0.693. The first-order valence-electron chi connectivity index (χ1n) is 5.47. The molecule has 4 nitrogen and oxygen atoms in total. The van der Waals surface area contributed by atoms with Crippen molar-refractivity contribution in [1.29, 1.82) is 0 Å². The van der Waals surface area contributed by atoms with Gasteiger partial charge in [0.1, 0.15) is 0 Å². The fourth-order valence-corrected chi connectivity index (χ4v) is 1.16. The summed E-state index contributed by atoms with van der Waals surface area (Å²) in [6, 6.07) is -0.442. The SMILES string of the molecule is CCOC(C)(C)CNC(=O)[C@@H](N)C(C)C. The van der Waals surface area contributed by atoms with E-state index in [2.05, 4.69) is 5.32 Å². The van der Waals surface area contributed by atoms with Crippen molar-refractivity contribution < 1.29 is 9.53 Å². The average molecular weight is 216 g/mol. The van der Waals surface area contributed by atoms with Crippen LogP contribution in [0, 0.1) is 5.92 Å². The van der Waals surface area contributed by atoms with Gasteiger partial charge in [0, 0.05) is 13.2 Å². The van der Waals surface area contributed by atoms with Gasteiger partial charge < -0.3 is 15.8 Å². The van der Waals surface area contributed by atoms with Gasteiger partial charge in [-0.05, 0) is 26.7 Å². The molecule has 0 aliphatic heterocycles. The zero-order valence-electron chi connectivity index (χ0n) is 10.5. The van der Waals surface area contributed by atoms with E-state index in [9.17, 15) is 4.79 Å². The van der Waals surface area contributed by atoms with Crippen LogP contribution >= 0.6 is 0 Å². The van der Waals surface area contributed by atoms with Crippen molar-refractivity contribution in [3.8, 4) is 0 Å². The molecule has 0 aliphatic carbocycles. The highest BCUT2D eigenvalue weighted by molar-refractivity contribution is 5.81. The second-order valence-corrected chi connectivity index (χ2v) is 4.68. The van der Waals surface area contributed by atoms with Crippen LogP contribution < -0.4 is 11.1 Å². The van der Waals surface area contributed by atoms with E-state index in [0.29, 0.717) is 13.2 Å². The average Bonchev–Trinajstić information content (AvgIpc) is 2.13. The number of rotatable bonds is 6. The minimum atomic E-state index is -0.442. The molecular formula is C11H24N2O2. The Kier molecular flexibility index (Phi) is 5.83. The lowest BCUT2D eigenvalue weighted by Crippen LogP contribution is -2.48. The van der Waals surface area contributed by atoms with Crippen LogP contribution in [-0.4, -0.2) is 30.7 Å². The molecule has 0 saturated heterocycles. The van der Waals surface area contributed by atoms with E-state index in [0.717, 1.165) is 0 Å². The van der Waals surface area contributed by atoms with Crippen LogP contribution in [0.2, 0.25) is 0 Å². The van der Waals surface area contributed by atoms with Crippen molar-refractivity contribution in [2.45, 2.75) is 46.3 Å². The van der Waals surface area contributed by atoms with Gasteiger partial charge in [0.2, 0.25) is 5.91 Å². The molecule has 3 N–H and O–H groups in total. The summed E-state index contributed by atoms with van der Waals surface area (Å²) >= 11 is 0. The Hall–Kier alpha value is -0.610. The van der Waals surface area contributed by atoms with E-state index < -0.39 is 6.04 Å². The summed E-state index contributed by atoms with van der Waals surface area (Å²) in [5.74, 6) is 0.0398. The molecule has 4 heteroatoms. The minimum absolute atomic E-state index is 0.113. The van der Waals surface area contributed by atoms with E-state index in [1.807, 2.05) is 34.6 Å². The van der Waals surface area contributed by atoms with Crippen LogP contribution in [0.3, 0.4) is 0 Å². The summed E-state index contributed by atoms with van der Waals surface area (Å²) in [7, 11) is 0. The summed E-state index contributed by atoms with van der Waals surface area (Å²) < 4.78 is 5.46. The van der Waals surface area contributed by atoms with E-state index >= 15 is 0 Å². The summed E-state index contributed by atoms with van der Waals surface area (Å²) in [4.78, 5) is 11.5. The number of amides is 1. The number of nitrogens with one attached hydrogen (secondary N) is 1. The summed E-state index contributed by atoms with van der Waals surface area (Å²) in [5, 5.41) is 2.80. The highest BCUT2D eigenvalue weighted by atomic mass is 16.5. The predicted molar refractivity (Wildman–Crippen MR) is 61.5 cm³/mol. The maximum atomic E-state index is 11.5. The van der Waals surface area contributed by atoms with Crippen molar-refractivity contribution in [3.05, 3.63) is 0 Å². The molecule has 0 unspecified atom stereocenters. The Balaban J connectivity index is 4.00. The first-order valence-corrected chi connectivity index (χ1v) is 5.47. The molecule has 1 amide bonds. The first-order chi connectivity index (χ1) is 6.80. The monoisotopic (exact) mass is 216 g/mol. The summed E-state index contributed by atoms with van der Waals surface area (Å²) in [6.07, 6.45) is 0. The molecule has 0 aromatic carbocycles.